The molecule has 3 heterocycles. The molecular weight excluding hydrogens is 1330 g/mol. The Kier molecular flexibility index (Phi) is 60.1. The van der Waals surface area contributed by atoms with E-state index < -0.39 is 124 Å². The molecule has 3 aliphatic heterocycles. The van der Waals surface area contributed by atoms with Gasteiger partial charge in [0.15, 0.2) is 18.9 Å². The lowest BCUT2D eigenvalue weighted by Crippen LogP contribution is -2.66. The number of unbranched alkanes of at least 4 members (excludes halogenated alkanes) is 39. The summed E-state index contributed by atoms with van der Waals surface area (Å²) in [5, 5.41) is 121. The van der Waals surface area contributed by atoms with Crippen LogP contribution in [0.2, 0.25) is 0 Å². The Hall–Kier alpha value is -3.03. The largest absolute Gasteiger partial charge is 0.394 e. The maximum atomic E-state index is 13.5. The van der Waals surface area contributed by atoms with Crippen LogP contribution < -0.4 is 5.32 Å². The number of amides is 1. The van der Waals surface area contributed by atoms with Crippen molar-refractivity contribution in [1.82, 2.24) is 5.32 Å². The number of ether oxygens (including phenoxy) is 6. The van der Waals surface area contributed by atoms with E-state index in [9.17, 15) is 61.0 Å². The summed E-state index contributed by atoms with van der Waals surface area (Å²) < 4.78 is 34.5. The second-order valence-electron chi connectivity index (χ2n) is 29.9. The Morgan fingerprint density at radius 1 is 0.352 bits per heavy atom. The number of rotatable bonds is 67. The number of aliphatic hydroxyl groups is 11. The molecule has 0 saturated carbocycles. The highest BCUT2D eigenvalue weighted by Crippen LogP contribution is 2.33. The lowest BCUT2D eigenvalue weighted by atomic mass is 9.96. The van der Waals surface area contributed by atoms with Crippen molar-refractivity contribution in [3.63, 3.8) is 0 Å². The van der Waals surface area contributed by atoms with Gasteiger partial charge in [-0.15, -0.1) is 0 Å². The smallest absolute Gasteiger partial charge is 0.220 e. The van der Waals surface area contributed by atoms with Crippen LogP contribution in [0.15, 0.2) is 85.1 Å². The van der Waals surface area contributed by atoms with Gasteiger partial charge < -0.3 is 89.9 Å². The van der Waals surface area contributed by atoms with E-state index in [1.165, 1.54) is 199 Å². The average molecular weight is 1490 g/mol. The van der Waals surface area contributed by atoms with E-state index in [1.54, 1.807) is 6.08 Å². The molecule has 0 spiro atoms. The highest BCUT2D eigenvalue weighted by molar-refractivity contribution is 5.76. The first-order chi connectivity index (χ1) is 51.3. The molecule has 610 valence electrons. The highest BCUT2D eigenvalue weighted by Gasteiger charge is 2.54. The predicted molar refractivity (Wildman–Crippen MR) is 420 cm³/mol. The summed E-state index contributed by atoms with van der Waals surface area (Å²) in [5.41, 5.74) is 0. The van der Waals surface area contributed by atoms with Crippen LogP contribution >= 0.6 is 0 Å². The van der Waals surface area contributed by atoms with Crippen molar-refractivity contribution in [1.29, 1.82) is 0 Å². The van der Waals surface area contributed by atoms with Gasteiger partial charge in [0, 0.05) is 6.42 Å². The van der Waals surface area contributed by atoms with Crippen LogP contribution in [0.25, 0.3) is 0 Å². The van der Waals surface area contributed by atoms with Gasteiger partial charge in [-0.1, -0.05) is 330 Å². The van der Waals surface area contributed by atoms with Crippen molar-refractivity contribution < 1.29 is 89.4 Å². The van der Waals surface area contributed by atoms with Crippen LogP contribution in [0, 0.1) is 0 Å². The van der Waals surface area contributed by atoms with Crippen LogP contribution in [0.3, 0.4) is 0 Å². The number of carbonyl (C=O) groups excluding carboxylic acids is 1. The fourth-order valence-corrected chi connectivity index (χ4v) is 14.0. The number of hydrogen-bond donors (Lipinski definition) is 12. The summed E-state index contributed by atoms with van der Waals surface area (Å²) in [5.74, 6) is -0.280. The van der Waals surface area contributed by atoms with Crippen LogP contribution in [0.5, 0.6) is 0 Å². The molecule has 3 rings (SSSR count). The maximum absolute atomic E-state index is 13.5. The molecule has 0 aliphatic carbocycles. The van der Waals surface area contributed by atoms with Gasteiger partial charge in [0.1, 0.15) is 73.2 Å². The molecular formula is C86H153NO18. The molecule has 17 unspecified atom stereocenters. The molecule has 3 saturated heterocycles. The zero-order valence-electron chi connectivity index (χ0n) is 65.4. The van der Waals surface area contributed by atoms with E-state index in [2.05, 4.69) is 92.1 Å². The first kappa shape index (κ1) is 96.2. The van der Waals surface area contributed by atoms with E-state index in [0.29, 0.717) is 6.42 Å². The van der Waals surface area contributed by atoms with Crippen molar-refractivity contribution in [3.05, 3.63) is 85.1 Å². The minimum atomic E-state index is -1.98. The quantitative estimate of drug-likeness (QED) is 0.0199. The summed E-state index contributed by atoms with van der Waals surface area (Å²) >= 11 is 0. The second kappa shape index (κ2) is 65.7. The second-order valence-corrected chi connectivity index (χ2v) is 29.9. The van der Waals surface area contributed by atoms with E-state index in [-0.39, 0.29) is 18.9 Å². The fourth-order valence-electron chi connectivity index (χ4n) is 14.0. The van der Waals surface area contributed by atoms with Gasteiger partial charge in [0.25, 0.3) is 0 Å². The summed E-state index contributed by atoms with van der Waals surface area (Å²) in [6.07, 6.45) is 61.4. The fraction of sp³-hybridized carbons (Fsp3) is 0.826. The lowest BCUT2D eigenvalue weighted by Gasteiger charge is -2.48. The molecule has 0 radical (unpaired) electrons. The number of aliphatic hydroxyl groups excluding tert-OH is 11. The SMILES string of the molecule is CC/C=C\C/C=C\C/C=C\C/C=C\C/C=C\C/C=C\CCCCCCCCCCCCC(=O)NC(COC1OC(CO)C(OC2OC(CO)C(OC3OC(CO)C(O)C(O)C3O)C(O)C2O)C(O)C1O)C(O)/C=C/CCCCCCCCCCCCCCCCCCCCCCCCCCCCCCC. The summed E-state index contributed by atoms with van der Waals surface area (Å²) in [7, 11) is 0. The molecule has 0 aromatic rings. The van der Waals surface area contributed by atoms with E-state index >= 15 is 0 Å². The first-order valence-electron chi connectivity index (χ1n) is 42.3. The van der Waals surface area contributed by atoms with Crippen LogP contribution in [-0.4, -0.2) is 193 Å². The van der Waals surface area contributed by atoms with Crippen molar-refractivity contribution >= 4 is 5.91 Å². The zero-order valence-corrected chi connectivity index (χ0v) is 65.4. The first-order valence-corrected chi connectivity index (χ1v) is 42.3. The normalized spacial score (nSPS) is 26.2. The molecule has 17 atom stereocenters. The Morgan fingerprint density at radius 3 is 1.03 bits per heavy atom. The molecule has 0 aromatic carbocycles. The average Bonchev–Trinajstić information content (AvgIpc) is 0.781. The highest BCUT2D eigenvalue weighted by atomic mass is 16.8. The Labute approximate surface area is 635 Å². The summed E-state index contributed by atoms with van der Waals surface area (Å²) in [6.45, 7) is 1.66. The molecule has 1 amide bonds. The van der Waals surface area contributed by atoms with Gasteiger partial charge in [0.05, 0.1) is 38.6 Å². The van der Waals surface area contributed by atoms with Crippen molar-refractivity contribution in [2.75, 3.05) is 26.4 Å². The molecule has 12 N–H and O–H groups in total. The van der Waals surface area contributed by atoms with Gasteiger partial charge in [-0.2, -0.15) is 0 Å². The van der Waals surface area contributed by atoms with Crippen molar-refractivity contribution in [3.8, 4) is 0 Å². The topological polar surface area (TPSA) is 307 Å². The third-order valence-corrected chi connectivity index (χ3v) is 20.7. The van der Waals surface area contributed by atoms with E-state index in [1.807, 2.05) is 6.08 Å². The number of allylic oxidation sites excluding steroid dienone is 13. The molecule has 105 heavy (non-hydrogen) atoms. The van der Waals surface area contributed by atoms with Gasteiger partial charge in [-0.25, -0.2) is 0 Å². The Morgan fingerprint density at radius 2 is 0.657 bits per heavy atom. The molecule has 0 aromatic heterocycles. The number of hydrogen-bond acceptors (Lipinski definition) is 18. The maximum Gasteiger partial charge on any atom is 0.220 e. The zero-order chi connectivity index (χ0) is 76.0. The van der Waals surface area contributed by atoms with Crippen molar-refractivity contribution in [2.45, 2.75) is 426 Å². The predicted octanol–water partition coefficient (Wildman–Crippen LogP) is 15.0. The Balaban J connectivity index is 1.37. The van der Waals surface area contributed by atoms with Gasteiger partial charge in [-0.05, 0) is 70.6 Å². The monoisotopic (exact) mass is 1490 g/mol. The van der Waals surface area contributed by atoms with E-state index in [0.717, 1.165) is 96.3 Å². The molecule has 19 heteroatoms. The number of nitrogens with one attached hydrogen (secondary N) is 1. The molecule has 19 nitrogen and oxygen atoms in total. The molecule has 3 aliphatic rings. The van der Waals surface area contributed by atoms with Gasteiger partial charge >= 0.3 is 0 Å². The van der Waals surface area contributed by atoms with Crippen molar-refractivity contribution in [2.24, 2.45) is 0 Å². The summed E-state index contributed by atoms with van der Waals surface area (Å²) in [6, 6.07) is -0.983. The van der Waals surface area contributed by atoms with Crippen LogP contribution in [0.4, 0.5) is 0 Å². The van der Waals surface area contributed by atoms with Crippen LogP contribution in [0.1, 0.15) is 322 Å². The minimum absolute atomic E-state index is 0.234. The third-order valence-electron chi connectivity index (χ3n) is 20.7. The van der Waals surface area contributed by atoms with Gasteiger partial charge in [-0.3, -0.25) is 4.79 Å². The lowest BCUT2D eigenvalue weighted by molar-refractivity contribution is -0.379. The Bertz CT molecular complexity index is 2230. The minimum Gasteiger partial charge on any atom is -0.394 e. The number of carbonyl (C=O) groups is 1. The van der Waals surface area contributed by atoms with E-state index in [4.69, 9.17) is 28.4 Å². The molecule has 0 bridgehead atoms. The third kappa shape index (κ3) is 45.2. The standard InChI is InChI=1S/C86H153NO18/c1-3-5-7-9-11-13-15-17-19-21-23-25-27-29-31-33-34-36-37-39-41-43-45-47-49-51-53-55-57-59-61-63-70(91)69(87-74(92)64-62-60-58-56-54-52-50-48-46-44-42-40-38-35-32-30-28-26-24-22-20-18-16-14-12-10-8-6-4-2)68-100-84-80(98)77(95)82(72(66-89)102-84)105-86-81(99)78(96)83(73(67-90)103-86)104-85-79(97)76(94)75(93)71(65-88)101-85/h6,8,12,14,18,20,24,26,30,32,38,40,61,63,69-73,75-86,88-91,93-99H,3-5,7,9-11,13,15-17,19,21-23,25,27-29,31,33-37,39,41-60,62,64-68H2,1-2H3,(H,87,92)/b8-6-,14-12-,20-18-,26-24-,32-30-,40-38-,63-61+. The van der Waals surface area contributed by atoms with Gasteiger partial charge in [0.2, 0.25) is 5.91 Å². The summed E-state index contributed by atoms with van der Waals surface area (Å²) in [4.78, 5) is 13.5. The van der Waals surface area contributed by atoms with Crippen LogP contribution in [-0.2, 0) is 33.2 Å². The molecule has 3 fully saturated rings.